The first-order valence-electron chi connectivity index (χ1n) is 10.5. The van der Waals surface area contributed by atoms with Crippen LogP contribution in [0.1, 0.15) is 46.6 Å². The molecule has 0 saturated carbocycles. The van der Waals surface area contributed by atoms with Gasteiger partial charge in [0.05, 0.1) is 0 Å². The molecule has 0 aliphatic rings. The van der Waals surface area contributed by atoms with E-state index in [1.54, 1.807) is 25.1 Å². The van der Waals surface area contributed by atoms with E-state index in [0.717, 1.165) is 16.7 Å². The Balaban J connectivity index is 2.01. The average Bonchev–Trinajstić information content (AvgIpc) is 2.70. The van der Waals surface area contributed by atoms with Crippen molar-refractivity contribution >= 4 is 21.7 Å². The Hall–Kier alpha value is -3.46. The highest BCUT2D eigenvalue weighted by atomic mass is 32.2. The maximum absolute atomic E-state index is 13.0. The number of carbonyl (C=O) groups excluding carboxylic acids is 1. The van der Waals surface area contributed by atoms with Crippen LogP contribution in [0.4, 0.5) is 5.82 Å². The van der Waals surface area contributed by atoms with Crippen LogP contribution in [0.5, 0.6) is 11.6 Å². The van der Waals surface area contributed by atoms with E-state index in [9.17, 15) is 13.2 Å². The van der Waals surface area contributed by atoms with Crippen LogP contribution in [-0.2, 0) is 10.0 Å². The molecule has 0 radical (unpaired) electrons. The van der Waals surface area contributed by atoms with Crippen molar-refractivity contribution in [3.05, 3.63) is 70.4 Å². The van der Waals surface area contributed by atoms with Gasteiger partial charge in [-0.05, 0) is 76.9 Å². The van der Waals surface area contributed by atoms with Crippen LogP contribution in [0, 0.1) is 27.7 Å². The highest BCUT2D eigenvalue weighted by Gasteiger charge is 2.24. The molecule has 2 aromatic heterocycles. The van der Waals surface area contributed by atoms with Crippen LogP contribution >= 0.6 is 0 Å². The van der Waals surface area contributed by atoms with Gasteiger partial charge in [-0.15, -0.1) is 0 Å². The highest BCUT2D eigenvalue weighted by molar-refractivity contribution is 7.90. The van der Waals surface area contributed by atoms with Gasteiger partial charge >= 0.3 is 0 Å². The van der Waals surface area contributed by atoms with E-state index >= 15 is 0 Å². The maximum Gasteiger partial charge on any atom is 0.281 e. The summed E-state index contributed by atoms with van der Waals surface area (Å²) in [5, 5.41) is 2.92. The van der Waals surface area contributed by atoms with E-state index in [4.69, 9.17) is 4.74 Å². The van der Waals surface area contributed by atoms with E-state index in [1.807, 2.05) is 46.8 Å². The Morgan fingerprint density at radius 2 is 1.64 bits per heavy atom. The number of hydrogen-bond acceptors (Lipinski definition) is 7. The Bertz CT molecular complexity index is 1280. The molecule has 0 fully saturated rings. The molecule has 0 unspecified atom stereocenters. The number of anilines is 1. The Kier molecular flexibility index (Phi) is 7.02. The van der Waals surface area contributed by atoms with Gasteiger partial charge in [0.15, 0.2) is 5.03 Å². The standard InChI is InChI=1S/C24H28N4O4S/c1-14(2)25-20-11-10-19(23(29)28-33(30,31)21-9-7-8-18(6)26-21)24(27-20)32-22-16(4)12-15(3)13-17(22)5/h7-14H,1-6H3,(H,25,27)(H,28,29). The van der Waals surface area contributed by atoms with Crippen LogP contribution in [0.25, 0.3) is 0 Å². The first-order chi connectivity index (χ1) is 15.5. The molecule has 2 N–H and O–H groups in total. The zero-order valence-electron chi connectivity index (χ0n) is 19.6. The van der Waals surface area contributed by atoms with Crippen molar-refractivity contribution < 1.29 is 17.9 Å². The lowest BCUT2D eigenvalue weighted by Crippen LogP contribution is -2.31. The lowest BCUT2D eigenvalue weighted by molar-refractivity contribution is 0.0978. The number of rotatable bonds is 7. The van der Waals surface area contributed by atoms with Gasteiger partial charge in [-0.2, -0.15) is 13.4 Å². The molecule has 0 atom stereocenters. The smallest absolute Gasteiger partial charge is 0.281 e. The topological polar surface area (TPSA) is 110 Å². The molecule has 0 saturated heterocycles. The molecule has 1 aromatic carbocycles. The molecule has 0 aliphatic heterocycles. The number of aromatic nitrogens is 2. The van der Waals surface area contributed by atoms with Gasteiger partial charge in [-0.3, -0.25) is 4.79 Å². The fraction of sp³-hybridized carbons (Fsp3) is 0.292. The van der Waals surface area contributed by atoms with E-state index in [-0.39, 0.29) is 22.5 Å². The minimum Gasteiger partial charge on any atom is -0.438 e. The normalized spacial score (nSPS) is 11.4. The molecule has 9 heteroatoms. The monoisotopic (exact) mass is 468 g/mol. The van der Waals surface area contributed by atoms with E-state index in [1.165, 1.54) is 12.1 Å². The number of sulfonamides is 1. The van der Waals surface area contributed by atoms with Crippen molar-refractivity contribution in [1.29, 1.82) is 0 Å². The minimum atomic E-state index is -4.18. The van der Waals surface area contributed by atoms with Gasteiger partial charge in [0, 0.05) is 11.7 Å². The van der Waals surface area contributed by atoms with Crippen molar-refractivity contribution in [2.75, 3.05) is 5.32 Å². The number of benzene rings is 1. The molecule has 8 nitrogen and oxygen atoms in total. The molecule has 0 spiro atoms. The number of ether oxygens (including phenoxy) is 1. The fourth-order valence-electron chi connectivity index (χ4n) is 3.39. The van der Waals surface area contributed by atoms with Crippen LogP contribution in [0.15, 0.2) is 47.5 Å². The Morgan fingerprint density at radius 1 is 0.970 bits per heavy atom. The molecule has 3 rings (SSSR count). The Morgan fingerprint density at radius 3 is 2.24 bits per heavy atom. The first-order valence-corrected chi connectivity index (χ1v) is 12.0. The molecular weight excluding hydrogens is 440 g/mol. The van der Waals surface area contributed by atoms with Gasteiger partial charge < -0.3 is 10.1 Å². The molecule has 0 aliphatic carbocycles. The molecule has 1 amide bonds. The zero-order valence-corrected chi connectivity index (χ0v) is 20.4. The quantitative estimate of drug-likeness (QED) is 0.527. The maximum atomic E-state index is 13.0. The molecule has 0 bridgehead atoms. The predicted octanol–water partition coefficient (Wildman–Crippen LogP) is 4.44. The number of pyridine rings is 2. The summed E-state index contributed by atoms with van der Waals surface area (Å²) in [6.07, 6.45) is 0. The molecule has 174 valence electrons. The number of aryl methyl sites for hydroxylation is 4. The molecule has 33 heavy (non-hydrogen) atoms. The van der Waals surface area contributed by atoms with Crippen molar-refractivity contribution in [2.45, 2.75) is 52.6 Å². The number of amides is 1. The molecule has 2 heterocycles. The summed E-state index contributed by atoms with van der Waals surface area (Å²) in [5.74, 6) is 0.203. The van der Waals surface area contributed by atoms with Crippen LogP contribution < -0.4 is 14.8 Å². The average molecular weight is 469 g/mol. The van der Waals surface area contributed by atoms with Crippen molar-refractivity contribution in [2.24, 2.45) is 0 Å². The minimum absolute atomic E-state index is 0.000560. The van der Waals surface area contributed by atoms with E-state index in [2.05, 4.69) is 20.0 Å². The second kappa shape index (κ2) is 9.58. The fourth-order valence-corrected chi connectivity index (χ4v) is 4.37. The summed E-state index contributed by atoms with van der Waals surface area (Å²) < 4.78 is 33.6. The van der Waals surface area contributed by atoms with Crippen molar-refractivity contribution in [3.63, 3.8) is 0 Å². The summed E-state index contributed by atoms with van der Waals surface area (Å²) in [7, 11) is -4.18. The van der Waals surface area contributed by atoms with Crippen molar-refractivity contribution in [3.8, 4) is 11.6 Å². The third-order valence-electron chi connectivity index (χ3n) is 4.71. The van der Waals surface area contributed by atoms with Gasteiger partial charge in [-0.25, -0.2) is 9.71 Å². The number of hydrogen-bond donors (Lipinski definition) is 2. The van der Waals surface area contributed by atoms with Gasteiger partial charge in [0.2, 0.25) is 5.88 Å². The van der Waals surface area contributed by atoms with Gasteiger partial charge in [0.25, 0.3) is 15.9 Å². The zero-order chi connectivity index (χ0) is 24.3. The van der Waals surface area contributed by atoms with E-state index < -0.39 is 15.9 Å². The van der Waals surface area contributed by atoms with Gasteiger partial charge in [-0.1, -0.05) is 23.8 Å². The number of nitrogens with zero attached hydrogens (tertiary/aromatic N) is 2. The summed E-state index contributed by atoms with van der Waals surface area (Å²) >= 11 is 0. The summed E-state index contributed by atoms with van der Waals surface area (Å²) in [6, 6.07) is 11.7. The lowest BCUT2D eigenvalue weighted by Gasteiger charge is -2.17. The molecular formula is C24H28N4O4S. The second-order valence-corrected chi connectivity index (χ2v) is 9.86. The largest absolute Gasteiger partial charge is 0.438 e. The summed E-state index contributed by atoms with van der Waals surface area (Å²) in [4.78, 5) is 21.5. The summed E-state index contributed by atoms with van der Waals surface area (Å²) in [5.41, 5.74) is 3.33. The first kappa shape index (κ1) is 24.2. The SMILES string of the molecule is Cc1cc(C)c(Oc2nc(NC(C)C)ccc2C(=O)NS(=O)(=O)c2cccc(C)n2)c(C)c1. The third kappa shape index (κ3) is 5.87. The third-order valence-corrected chi connectivity index (χ3v) is 5.94. The van der Waals surface area contributed by atoms with Gasteiger partial charge in [0.1, 0.15) is 17.1 Å². The van der Waals surface area contributed by atoms with Crippen LogP contribution in [-0.4, -0.2) is 30.3 Å². The number of carbonyl (C=O) groups is 1. The molecule has 3 aromatic rings. The number of nitrogens with one attached hydrogen (secondary N) is 2. The van der Waals surface area contributed by atoms with Crippen LogP contribution in [0.2, 0.25) is 0 Å². The predicted molar refractivity (Wildman–Crippen MR) is 127 cm³/mol. The second-order valence-electron chi connectivity index (χ2n) is 8.23. The van der Waals surface area contributed by atoms with E-state index in [0.29, 0.717) is 17.3 Å². The lowest BCUT2D eigenvalue weighted by atomic mass is 10.1. The highest BCUT2D eigenvalue weighted by Crippen LogP contribution is 2.31. The van der Waals surface area contributed by atoms with Crippen LogP contribution in [0.3, 0.4) is 0 Å². The Labute approximate surface area is 194 Å². The van der Waals surface area contributed by atoms with Crippen molar-refractivity contribution in [1.82, 2.24) is 14.7 Å². The summed E-state index contributed by atoms with van der Waals surface area (Å²) in [6.45, 7) is 11.4.